The lowest BCUT2D eigenvalue weighted by molar-refractivity contribution is 0.0594. The summed E-state index contributed by atoms with van der Waals surface area (Å²) in [7, 11) is 3.36. The first-order valence-electron chi connectivity index (χ1n) is 6.76. The highest BCUT2D eigenvalue weighted by molar-refractivity contribution is 5.87. The number of ether oxygens (including phenoxy) is 1. The normalized spacial score (nSPS) is 12.4. The highest BCUT2D eigenvalue weighted by Gasteiger charge is 2.14. The van der Waals surface area contributed by atoms with Crippen LogP contribution in [-0.2, 0) is 11.3 Å². The molecule has 0 aliphatic rings. The van der Waals surface area contributed by atoms with Crippen molar-refractivity contribution >= 4 is 5.97 Å². The Hall–Kier alpha value is -2.27. The summed E-state index contributed by atoms with van der Waals surface area (Å²) in [6.07, 6.45) is 1.80. The predicted octanol–water partition coefficient (Wildman–Crippen LogP) is 2.70. The standard InChI is InChI=1S/C16H20N2O3/c1-11(13-5-4-6-14(19)8-13)18(2)10-12-7-15(17-9-12)16(20)21-3/h4-9,11,17,19H,10H2,1-3H3/t11-/m1/s1. The Labute approximate surface area is 124 Å². The minimum atomic E-state index is -0.370. The van der Waals surface area contributed by atoms with Gasteiger partial charge in [0.1, 0.15) is 11.4 Å². The molecule has 5 nitrogen and oxygen atoms in total. The van der Waals surface area contributed by atoms with E-state index < -0.39 is 0 Å². The lowest BCUT2D eigenvalue weighted by Gasteiger charge is -2.24. The Morgan fingerprint density at radius 3 is 2.86 bits per heavy atom. The summed E-state index contributed by atoms with van der Waals surface area (Å²) in [4.78, 5) is 16.5. The van der Waals surface area contributed by atoms with E-state index in [1.807, 2.05) is 19.2 Å². The monoisotopic (exact) mass is 288 g/mol. The number of carbonyl (C=O) groups is 1. The molecule has 0 unspecified atom stereocenters. The van der Waals surface area contributed by atoms with Gasteiger partial charge >= 0.3 is 5.97 Å². The van der Waals surface area contributed by atoms with E-state index in [1.54, 1.807) is 24.4 Å². The van der Waals surface area contributed by atoms with Gasteiger partial charge in [-0.25, -0.2) is 4.79 Å². The summed E-state index contributed by atoms with van der Waals surface area (Å²) in [5, 5.41) is 9.55. The molecule has 2 N–H and O–H groups in total. The first-order chi connectivity index (χ1) is 10.0. The van der Waals surface area contributed by atoms with Crippen molar-refractivity contribution in [3.05, 3.63) is 53.3 Å². The molecule has 112 valence electrons. The van der Waals surface area contributed by atoms with Crippen molar-refractivity contribution in [3.63, 3.8) is 0 Å². The molecule has 21 heavy (non-hydrogen) atoms. The number of phenols is 1. The third-order valence-electron chi connectivity index (χ3n) is 3.59. The smallest absolute Gasteiger partial charge is 0.354 e. The third kappa shape index (κ3) is 3.64. The van der Waals surface area contributed by atoms with Crippen molar-refractivity contribution in [3.8, 4) is 5.75 Å². The van der Waals surface area contributed by atoms with E-state index in [4.69, 9.17) is 0 Å². The molecule has 1 aromatic heterocycles. The lowest BCUT2D eigenvalue weighted by atomic mass is 10.1. The predicted molar refractivity (Wildman–Crippen MR) is 80.1 cm³/mol. The largest absolute Gasteiger partial charge is 0.508 e. The number of esters is 1. The van der Waals surface area contributed by atoms with Crippen LogP contribution in [0.1, 0.15) is 34.6 Å². The van der Waals surface area contributed by atoms with Gasteiger partial charge in [-0.3, -0.25) is 4.90 Å². The number of nitrogens with one attached hydrogen (secondary N) is 1. The van der Waals surface area contributed by atoms with Crippen molar-refractivity contribution in [2.75, 3.05) is 14.2 Å². The summed E-state index contributed by atoms with van der Waals surface area (Å²) in [5.74, 6) is -0.104. The second-order valence-electron chi connectivity index (χ2n) is 5.10. The van der Waals surface area contributed by atoms with E-state index >= 15 is 0 Å². The van der Waals surface area contributed by atoms with E-state index in [0.717, 1.165) is 11.1 Å². The van der Waals surface area contributed by atoms with Crippen LogP contribution in [0.5, 0.6) is 5.75 Å². The molecule has 1 aromatic carbocycles. The summed E-state index contributed by atoms with van der Waals surface area (Å²) in [5.41, 5.74) is 2.50. The maximum atomic E-state index is 11.4. The van der Waals surface area contributed by atoms with Crippen LogP contribution in [0.4, 0.5) is 0 Å². The maximum Gasteiger partial charge on any atom is 0.354 e. The number of aromatic amines is 1. The molecule has 0 spiro atoms. The van der Waals surface area contributed by atoms with Gasteiger partial charge < -0.3 is 14.8 Å². The van der Waals surface area contributed by atoms with Crippen LogP contribution in [0.25, 0.3) is 0 Å². The second-order valence-corrected chi connectivity index (χ2v) is 5.10. The molecule has 0 saturated heterocycles. The van der Waals surface area contributed by atoms with E-state index in [2.05, 4.69) is 21.5 Å². The van der Waals surface area contributed by atoms with Crippen molar-refractivity contribution in [2.24, 2.45) is 0 Å². The Bertz CT molecular complexity index is 621. The van der Waals surface area contributed by atoms with E-state index in [1.165, 1.54) is 7.11 Å². The van der Waals surface area contributed by atoms with Crippen molar-refractivity contribution in [2.45, 2.75) is 19.5 Å². The minimum Gasteiger partial charge on any atom is -0.508 e. The zero-order valence-electron chi connectivity index (χ0n) is 12.5. The third-order valence-corrected chi connectivity index (χ3v) is 3.59. The molecule has 1 heterocycles. The summed E-state index contributed by atoms with van der Waals surface area (Å²) in [6.45, 7) is 2.76. The highest BCUT2D eigenvalue weighted by Crippen LogP contribution is 2.23. The molecule has 0 aliphatic carbocycles. The minimum absolute atomic E-state index is 0.147. The van der Waals surface area contributed by atoms with Gasteiger partial charge in [-0.1, -0.05) is 12.1 Å². The first-order valence-corrected chi connectivity index (χ1v) is 6.76. The van der Waals surface area contributed by atoms with Crippen molar-refractivity contribution in [1.29, 1.82) is 0 Å². The van der Waals surface area contributed by atoms with Gasteiger partial charge in [0.15, 0.2) is 0 Å². The average Bonchev–Trinajstić information content (AvgIpc) is 2.94. The van der Waals surface area contributed by atoms with Crippen LogP contribution in [0.15, 0.2) is 36.5 Å². The van der Waals surface area contributed by atoms with Crippen LogP contribution in [0.2, 0.25) is 0 Å². The lowest BCUT2D eigenvalue weighted by Crippen LogP contribution is -2.21. The van der Waals surface area contributed by atoms with Crippen LogP contribution in [0, 0.1) is 0 Å². The molecule has 0 radical (unpaired) electrons. The molecule has 5 heteroatoms. The number of benzene rings is 1. The quantitative estimate of drug-likeness (QED) is 0.830. The number of phenolic OH excluding ortho intramolecular Hbond substituents is 1. The van der Waals surface area contributed by atoms with Gasteiger partial charge in [-0.2, -0.15) is 0 Å². The van der Waals surface area contributed by atoms with E-state index in [9.17, 15) is 9.90 Å². The number of hydrogen-bond donors (Lipinski definition) is 2. The molecule has 2 aromatic rings. The number of H-pyrrole nitrogens is 1. The Balaban J connectivity index is 2.05. The SMILES string of the molecule is COC(=O)c1cc(CN(C)[C@H](C)c2cccc(O)c2)c[nH]1. The fourth-order valence-corrected chi connectivity index (χ4v) is 2.22. The number of nitrogens with zero attached hydrogens (tertiary/aromatic N) is 1. The maximum absolute atomic E-state index is 11.4. The second kappa shape index (κ2) is 6.45. The number of methoxy groups -OCH3 is 1. The topological polar surface area (TPSA) is 65.6 Å². The van der Waals surface area contributed by atoms with Crippen molar-refractivity contribution < 1.29 is 14.6 Å². The van der Waals surface area contributed by atoms with Crippen LogP contribution < -0.4 is 0 Å². The summed E-state index contributed by atoms with van der Waals surface area (Å²) < 4.78 is 4.67. The van der Waals surface area contributed by atoms with E-state index in [0.29, 0.717) is 12.2 Å². The Morgan fingerprint density at radius 1 is 1.43 bits per heavy atom. The van der Waals surface area contributed by atoms with Gasteiger partial charge in [-0.15, -0.1) is 0 Å². The molecule has 0 bridgehead atoms. The van der Waals surface area contributed by atoms with Gasteiger partial charge in [0.25, 0.3) is 0 Å². The molecule has 0 fully saturated rings. The van der Waals surface area contributed by atoms with Crippen LogP contribution in [0.3, 0.4) is 0 Å². The van der Waals surface area contributed by atoms with Crippen LogP contribution >= 0.6 is 0 Å². The average molecular weight is 288 g/mol. The van der Waals surface area contributed by atoms with Gasteiger partial charge in [0.05, 0.1) is 7.11 Å². The fourth-order valence-electron chi connectivity index (χ4n) is 2.22. The highest BCUT2D eigenvalue weighted by atomic mass is 16.5. The van der Waals surface area contributed by atoms with Crippen LogP contribution in [-0.4, -0.2) is 35.1 Å². The molecular formula is C16H20N2O3. The molecule has 0 saturated carbocycles. The van der Waals surface area contributed by atoms with Gasteiger partial charge in [0, 0.05) is 18.8 Å². The zero-order valence-corrected chi connectivity index (χ0v) is 12.5. The number of rotatable bonds is 5. The number of aromatic nitrogens is 1. The van der Waals surface area contributed by atoms with Gasteiger partial charge in [0.2, 0.25) is 0 Å². The number of carbonyl (C=O) groups excluding carboxylic acids is 1. The fraction of sp³-hybridized carbons (Fsp3) is 0.312. The van der Waals surface area contributed by atoms with E-state index in [-0.39, 0.29) is 17.8 Å². The molecular weight excluding hydrogens is 268 g/mol. The zero-order chi connectivity index (χ0) is 15.4. The Morgan fingerprint density at radius 2 is 2.19 bits per heavy atom. The Kier molecular flexibility index (Phi) is 4.65. The van der Waals surface area contributed by atoms with Crippen molar-refractivity contribution in [1.82, 2.24) is 9.88 Å². The molecule has 1 atom stereocenters. The number of hydrogen-bond acceptors (Lipinski definition) is 4. The summed E-state index contributed by atoms with van der Waals surface area (Å²) in [6, 6.07) is 9.17. The van der Waals surface area contributed by atoms with Gasteiger partial charge in [-0.05, 0) is 43.3 Å². The number of aromatic hydroxyl groups is 1. The summed E-state index contributed by atoms with van der Waals surface area (Å²) >= 11 is 0. The molecule has 0 amide bonds. The first kappa shape index (κ1) is 15.1. The molecule has 2 rings (SSSR count). The molecule has 0 aliphatic heterocycles.